The molecule has 0 aliphatic heterocycles. The van der Waals surface area contributed by atoms with Gasteiger partial charge < -0.3 is 15.5 Å². The van der Waals surface area contributed by atoms with Gasteiger partial charge in [0.1, 0.15) is 0 Å². The number of rotatable bonds is 5. The van der Waals surface area contributed by atoms with Crippen LogP contribution in [0.5, 0.6) is 0 Å². The number of carbonyl (C=O) groups is 1. The number of aliphatic hydroxyl groups is 1. The molecule has 7 heteroatoms. The Labute approximate surface area is 107 Å². The number of carboxylic acid groups (broad SMARTS) is 1. The molecule has 0 aliphatic rings. The Hall–Kier alpha value is -1.76. The summed E-state index contributed by atoms with van der Waals surface area (Å²) in [7, 11) is 0. The number of carboxylic acids is 1. The van der Waals surface area contributed by atoms with Gasteiger partial charge in [0.05, 0.1) is 17.2 Å². The molecule has 0 spiro atoms. The highest BCUT2D eigenvalue weighted by molar-refractivity contribution is 5.90. The first-order valence-electron chi connectivity index (χ1n) is 5.58. The Morgan fingerprint density at radius 2 is 2.05 bits per heavy atom. The lowest BCUT2D eigenvalue weighted by Crippen LogP contribution is -2.15. The molecule has 19 heavy (non-hydrogen) atoms. The van der Waals surface area contributed by atoms with Gasteiger partial charge in [-0.05, 0) is 31.5 Å². The number of benzene rings is 1. The average molecular weight is 277 g/mol. The first kappa shape index (κ1) is 15.3. The van der Waals surface area contributed by atoms with Gasteiger partial charge in [0.15, 0.2) is 0 Å². The number of aliphatic hydroxyl groups excluding tert-OH is 1. The predicted molar refractivity (Wildman–Crippen MR) is 63.2 cm³/mol. The predicted octanol–water partition coefficient (Wildman–Crippen LogP) is 2.59. The fraction of sp³-hybridized carbons (Fsp3) is 0.417. The summed E-state index contributed by atoms with van der Waals surface area (Å²) in [6, 6.07) is 2.93. The van der Waals surface area contributed by atoms with E-state index in [0.717, 1.165) is 12.1 Å². The standard InChI is InChI=1S/C12H14F3NO3/c1-7(17)4-5-16-8-2-3-9(11(18)19)10(6-8)12(13,14)15/h2-3,6-7,16-17H,4-5H2,1H3,(H,18,19). The molecule has 0 aliphatic carbocycles. The molecular weight excluding hydrogens is 263 g/mol. The summed E-state index contributed by atoms with van der Waals surface area (Å²) in [5.74, 6) is -1.62. The minimum atomic E-state index is -4.73. The van der Waals surface area contributed by atoms with Crippen LogP contribution >= 0.6 is 0 Å². The van der Waals surface area contributed by atoms with Gasteiger partial charge in [0.25, 0.3) is 0 Å². The van der Waals surface area contributed by atoms with Crippen molar-refractivity contribution in [3.63, 3.8) is 0 Å². The topological polar surface area (TPSA) is 69.6 Å². The molecule has 0 saturated carbocycles. The summed E-state index contributed by atoms with van der Waals surface area (Å²) in [5, 5.41) is 20.5. The minimum absolute atomic E-state index is 0.165. The molecule has 0 aromatic heterocycles. The van der Waals surface area contributed by atoms with Gasteiger partial charge in [0, 0.05) is 12.2 Å². The molecule has 3 N–H and O–H groups in total. The SMILES string of the molecule is CC(O)CCNc1ccc(C(=O)O)c(C(F)(F)F)c1. The van der Waals surface area contributed by atoms with Crippen LogP contribution in [0.1, 0.15) is 29.3 Å². The van der Waals surface area contributed by atoms with E-state index in [1.54, 1.807) is 6.92 Å². The van der Waals surface area contributed by atoms with Crippen LogP contribution in [0.15, 0.2) is 18.2 Å². The average Bonchev–Trinajstić information content (AvgIpc) is 2.27. The normalized spacial score (nSPS) is 13.1. The highest BCUT2D eigenvalue weighted by Crippen LogP contribution is 2.33. The molecule has 4 nitrogen and oxygen atoms in total. The molecule has 0 fully saturated rings. The number of halogens is 3. The van der Waals surface area contributed by atoms with Crippen LogP contribution in [0.4, 0.5) is 18.9 Å². The lowest BCUT2D eigenvalue weighted by atomic mass is 10.1. The highest BCUT2D eigenvalue weighted by atomic mass is 19.4. The van der Waals surface area contributed by atoms with E-state index in [1.165, 1.54) is 6.07 Å². The van der Waals surface area contributed by atoms with E-state index in [9.17, 15) is 18.0 Å². The zero-order chi connectivity index (χ0) is 14.6. The molecule has 1 atom stereocenters. The van der Waals surface area contributed by atoms with E-state index in [0.29, 0.717) is 13.0 Å². The number of alkyl halides is 3. The third kappa shape index (κ3) is 4.44. The Balaban J connectivity index is 2.96. The van der Waals surface area contributed by atoms with E-state index in [1.807, 2.05) is 0 Å². The molecule has 1 unspecified atom stereocenters. The Kier molecular flexibility index (Phi) is 4.77. The number of aromatic carboxylic acids is 1. The van der Waals surface area contributed by atoms with Crippen LogP contribution in [-0.4, -0.2) is 28.8 Å². The molecule has 106 valence electrons. The van der Waals surface area contributed by atoms with Crippen molar-refractivity contribution in [1.82, 2.24) is 0 Å². The van der Waals surface area contributed by atoms with Crippen molar-refractivity contribution < 1.29 is 28.2 Å². The van der Waals surface area contributed by atoms with Crippen molar-refractivity contribution in [2.24, 2.45) is 0 Å². The maximum Gasteiger partial charge on any atom is 0.417 e. The second kappa shape index (κ2) is 5.92. The van der Waals surface area contributed by atoms with Crippen LogP contribution < -0.4 is 5.32 Å². The maximum atomic E-state index is 12.7. The molecule has 0 heterocycles. The fourth-order valence-corrected chi connectivity index (χ4v) is 1.50. The van der Waals surface area contributed by atoms with Gasteiger partial charge in [-0.15, -0.1) is 0 Å². The molecule has 0 saturated heterocycles. The summed E-state index contributed by atoms with van der Waals surface area (Å²) >= 11 is 0. The van der Waals surface area contributed by atoms with Gasteiger partial charge in [-0.1, -0.05) is 0 Å². The molecule has 0 radical (unpaired) electrons. The molecule has 1 rings (SSSR count). The van der Waals surface area contributed by atoms with E-state index >= 15 is 0 Å². The third-order valence-electron chi connectivity index (χ3n) is 2.45. The zero-order valence-corrected chi connectivity index (χ0v) is 10.2. The third-order valence-corrected chi connectivity index (χ3v) is 2.45. The monoisotopic (exact) mass is 277 g/mol. The van der Waals surface area contributed by atoms with Gasteiger partial charge in [-0.3, -0.25) is 0 Å². The summed E-state index contributed by atoms with van der Waals surface area (Å²) in [5.41, 5.74) is -1.81. The van der Waals surface area contributed by atoms with Crippen LogP contribution in [-0.2, 0) is 6.18 Å². The second-order valence-corrected chi connectivity index (χ2v) is 4.13. The first-order chi connectivity index (χ1) is 8.71. The first-order valence-corrected chi connectivity index (χ1v) is 5.58. The van der Waals surface area contributed by atoms with Gasteiger partial charge in [-0.2, -0.15) is 13.2 Å². The van der Waals surface area contributed by atoms with Gasteiger partial charge in [-0.25, -0.2) is 4.79 Å². The minimum Gasteiger partial charge on any atom is -0.478 e. The lowest BCUT2D eigenvalue weighted by molar-refractivity contribution is -0.138. The van der Waals surface area contributed by atoms with Crippen LogP contribution in [0.2, 0.25) is 0 Å². The molecule has 1 aromatic rings. The summed E-state index contributed by atoms with van der Waals surface area (Å²) in [6.45, 7) is 1.86. The van der Waals surface area contributed by atoms with Gasteiger partial charge in [0.2, 0.25) is 0 Å². The maximum absolute atomic E-state index is 12.7. The summed E-state index contributed by atoms with van der Waals surface area (Å²) in [6.07, 6.45) is -4.91. The largest absolute Gasteiger partial charge is 0.478 e. The Morgan fingerprint density at radius 3 is 2.53 bits per heavy atom. The fourth-order valence-electron chi connectivity index (χ4n) is 1.50. The summed E-state index contributed by atoms with van der Waals surface area (Å²) < 4.78 is 38.1. The van der Waals surface area contributed by atoms with Crippen LogP contribution in [0.3, 0.4) is 0 Å². The highest BCUT2D eigenvalue weighted by Gasteiger charge is 2.35. The zero-order valence-electron chi connectivity index (χ0n) is 10.2. The number of hydrogen-bond donors (Lipinski definition) is 3. The van der Waals surface area contributed by atoms with Crippen LogP contribution in [0, 0.1) is 0 Å². The van der Waals surface area contributed by atoms with Crippen molar-refractivity contribution >= 4 is 11.7 Å². The van der Waals surface area contributed by atoms with Crippen molar-refractivity contribution in [3.8, 4) is 0 Å². The summed E-state index contributed by atoms with van der Waals surface area (Å²) in [4.78, 5) is 10.7. The quantitative estimate of drug-likeness (QED) is 0.773. The van der Waals surface area contributed by atoms with Gasteiger partial charge >= 0.3 is 12.1 Å². The Bertz CT molecular complexity index is 458. The van der Waals surface area contributed by atoms with Crippen molar-refractivity contribution in [1.29, 1.82) is 0 Å². The van der Waals surface area contributed by atoms with E-state index in [2.05, 4.69) is 5.32 Å². The van der Waals surface area contributed by atoms with Crippen molar-refractivity contribution in [2.75, 3.05) is 11.9 Å². The number of anilines is 1. The molecule has 0 bridgehead atoms. The molecule has 1 aromatic carbocycles. The Morgan fingerprint density at radius 1 is 1.42 bits per heavy atom. The van der Waals surface area contributed by atoms with E-state index in [-0.39, 0.29) is 5.69 Å². The van der Waals surface area contributed by atoms with Crippen LogP contribution in [0.25, 0.3) is 0 Å². The van der Waals surface area contributed by atoms with Crippen molar-refractivity contribution in [3.05, 3.63) is 29.3 Å². The second-order valence-electron chi connectivity index (χ2n) is 4.13. The van der Waals surface area contributed by atoms with E-state index in [4.69, 9.17) is 10.2 Å². The smallest absolute Gasteiger partial charge is 0.417 e. The molecular formula is C12H14F3NO3. The number of nitrogens with one attached hydrogen (secondary N) is 1. The van der Waals surface area contributed by atoms with Crippen molar-refractivity contribution in [2.45, 2.75) is 25.6 Å². The van der Waals surface area contributed by atoms with E-state index < -0.39 is 29.4 Å². The lowest BCUT2D eigenvalue weighted by Gasteiger charge is -2.13. The number of hydrogen-bond acceptors (Lipinski definition) is 3. The molecule has 0 amide bonds.